The normalized spacial score (nSPS) is 52.4. The summed E-state index contributed by atoms with van der Waals surface area (Å²) in [5.74, 6) is 1.03. The van der Waals surface area contributed by atoms with Crippen molar-refractivity contribution < 1.29 is 24.5 Å². The fourth-order valence-electron chi connectivity index (χ4n) is 9.28. The molecule has 5 heteroatoms. The maximum atomic E-state index is 12.2. The molecule has 0 aromatic heterocycles. The summed E-state index contributed by atoms with van der Waals surface area (Å²) in [4.78, 5) is 12.2. The molecule has 5 nitrogen and oxygen atoms in total. The molecule has 6 rings (SSSR count). The second-order valence-electron chi connectivity index (χ2n) is 13.0. The minimum absolute atomic E-state index is 0.0124. The second-order valence-corrected chi connectivity index (χ2v) is 13.0. The van der Waals surface area contributed by atoms with Gasteiger partial charge in [-0.05, 0) is 85.2 Å². The van der Waals surface area contributed by atoms with Crippen LogP contribution < -0.4 is 0 Å². The van der Waals surface area contributed by atoms with Crippen LogP contribution in [0.25, 0.3) is 0 Å². The highest BCUT2D eigenvalue weighted by Crippen LogP contribution is 2.65. The molecule has 0 bridgehead atoms. The van der Waals surface area contributed by atoms with E-state index in [0.29, 0.717) is 11.7 Å². The van der Waals surface area contributed by atoms with Gasteiger partial charge in [-0.25, -0.2) is 0 Å². The lowest BCUT2D eigenvalue weighted by Gasteiger charge is -2.53. The van der Waals surface area contributed by atoms with Crippen LogP contribution in [0, 0.1) is 34.5 Å². The fraction of sp³-hybridized carbons (Fsp3) is 0.828. The van der Waals surface area contributed by atoms with Crippen LogP contribution in [0.4, 0.5) is 0 Å². The van der Waals surface area contributed by atoms with E-state index in [-0.39, 0.29) is 40.8 Å². The summed E-state index contributed by atoms with van der Waals surface area (Å²) in [6.45, 7) is 10.8. The van der Waals surface area contributed by atoms with E-state index in [4.69, 9.17) is 9.47 Å². The van der Waals surface area contributed by atoms with Crippen molar-refractivity contribution in [3.05, 3.63) is 22.8 Å². The smallest absolute Gasteiger partial charge is 0.160 e. The molecule has 188 valence electrons. The summed E-state index contributed by atoms with van der Waals surface area (Å²) in [6.07, 6.45) is 8.23. The molecular formula is C29H42O5. The van der Waals surface area contributed by atoms with Crippen LogP contribution in [0.15, 0.2) is 22.8 Å². The summed E-state index contributed by atoms with van der Waals surface area (Å²) in [6, 6.07) is 0. The topological polar surface area (TPSA) is 76.0 Å². The van der Waals surface area contributed by atoms with Crippen molar-refractivity contribution in [1.29, 1.82) is 0 Å². The quantitative estimate of drug-likeness (QED) is 0.611. The minimum Gasteiger partial charge on any atom is -0.384 e. The van der Waals surface area contributed by atoms with Gasteiger partial charge in [0.1, 0.15) is 17.5 Å². The number of hydrogen-bond donors (Lipinski definition) is 2. The highest BCUT2D eigenvalue weighted by Gasteiger charge is 2.67. The Bertz CT molecular complexity index is 966. The zero-order chi connectivity index (χ0) is 24.2. The molecule has 2 saturated heterocycles. The highest BCUT2D eigenvalue weighted by atomic mass is 16.7. The zero-order valence-corrected chi connectivity index (χ0v) is 21.5. The number of carbonyl (C=O) groups excluding carboxylic acids is 1. The molecule has 3 fully saturated rings. The summed E-state index contributed by atoms with van der Waals surface area (Å²) in [5.41, 5.74) is 3.76. The predicted molar refractivity (Wildman–Crippen MR) is 129 cm³/mol. The first kappa shape index (κ1) is 23.4. The average Bonchev–Trinajstić information content (AvgIpc) is 3.37. The van der Waals surface area contributed by atoms with E-state index >= 15 is 0 Å². The Hall–Kier alpha value is -1.01. The summed E-state index contributed by atoms with van der Waals surface area (Å²) in [7, 11) is 0. The van der Waals surface area contributed by atoms with Crippen molar-refractivity contribution in [2.24, 2.45) is 34.5 Å². The lowest BCUT2D eigenvalue weighted by molar-refractivity contribution is -0.192. The molecule has 1 saturated carbocycles. The molecule has 0 radical (unpaired) electrons. The van der Waals surface area contributed by atoms with Gasteiger partial charge in [-0.2, -0.15) is 0 Å². The third-order valence-corrected chi connectivity index (χ3v) is 11.5. The second kappa shape index (κ2) is 7.50. The summed E-state index contributed by atoms with van der Waals surface area (Å²) >= 11 is 0. The van der Waals surface area contributed by atoms with E-state index < -0.39 is 18.0 Å². The molecule has 0 spiro atoms. The van der Waals surface area contributed by atoms with E-state index in [1.807, 2.05) is 20.8 Å². The van der Waals surface area contributed by atoms with E-state index in [9.17, 15) is 15.0 Å². The van der Waals surface area contributed by atoms with Crippen molar-refractivity contribution in [3.8, 4) is 0 Å². The number of aliphatic hydroxyl groups excluding tert-OH is 1. The molecule has 0 aromatic rings. The largest absolute Gasteiger partial charge is 0.384 e. The number of allylic oxidation sites excluding steroid dienone is 4. The van der Waals surface area contributed by atoms with Gasteiger partial charge >= 0.3 is 0 Å². The van der Waals surface area contributed by atoms with Crippen LogP contribution in [0.5, 0.6) is 0 Å². The SMILES string of the molecule is CC(C)[C@@]1(O)[C@@H](C)O[C@@H]2[C@H]([C@H]3CC=C4C5=C(CC[C@@]43C)[C@@]3(C)CCC(=O)C[C@@H]3CC5)[C@@H](O)O[C@@H]21. The number of carbonyl (C=O) groups is 1. The molecule has 0 aromatic carbocycles. The highest BCUT2D eigenvalue weighted by molar-refractivity contribution is 5.80. The lowest BCUT2D eigenvalue weighted by Crippen LogP contribution is -2.51. The number of fused-ring (bicyclic) bond motifs is 5. The van der Waals surface area contributed by atoms with Crippen molar-refractivity contribution in [3.63, 3.8) is 0 Å². The molecule has 0 unspecified atom stereocenters. The molecule has 6 aliphatic rings. The summed E-state index contributed by atoms with van der Waals surface area (Å²) in [5, 5.41) is 22.6. The Kier molecular flexibility index (Phi) is 5.16. The standard InChI is InChI=1S/C29H42O5/c1-15(2)29(32)16(3)33-24-23(26(31)34-25(24)29)22-9-8-20-19-7-6-17-14-18(30)10-12-27(17,4)21(19)11-13-28(20,22)5/h8,15-17,22-26,31-32H,6-7,9-14H2,1-5H3/t16-,17+,22-,23+,24-,25+,26+,27+,28+,29-/m1/s1. The number of Topliss-reactive ketones (excluding diaryl/α,β-unsaturated/α-hetero) is 1. The third-order valence-electron chi connectivity index (χ3n) is 11.5. The monoisotopic (exact) mass is 470 g/mol. The Balaban J connectivity index is 1.32. The average molecular weight is 471 g/mol. The first-order valence-corrected chi connectivity index (χ1v) is 13.7. The molecule has 2 heterocycles. The lowest BCUT2D eigenvalue weighted by atomic mass is 9.51. The molecule has 10 atom stereocenters. The van der Waals surface area contributed by atoms with Gasteiger partial charge < -0.3 is 19.7 Å². The number of rotatable bonds is 2. The van der Waals surface area contributed by atoms with Crippen LogP contribution in [0.1, 0.15) is 86.0 Å². The van der Waals surface area contributed by atoms with Gasteiger partial charge in [0.05, 0.1) is 12.2 Å². The van der Waals surface area contributed by atoms with Crippen molar-refractivity contribution >= 4 is 5.78 Å². The first-order chi connectivity index (χ1) is 16.0. The fourth-order valence-corrected chi connectivity index (χ4v) is 9.28. The van der Waals surface area contributed by atoms with Crippen LogP contribution in [0.2, 0.25) is 0 Å². The van der Waals surface area contributed by atoms with E-state index in [2.05, 4.69) is 19.9 Å². The molecule has 0 amide bonds. The van der Waals surface area contributed by atoms with Gasteiger partial charge in [-0.1, -0.05) is 39.3 Å². The number of ether oxygens (including phenoxy) is 2. The van der Waals surface area contributed by atoms with E-state index in [0.717, 1.165) is 51.4 Å². The van der Waals surface area contributed by atoms with Gasteiger partial charge in [0, 0.05) is 18.8 Å². The van der Waals surface area contributed by atoms with Crippen LogP contribution >= 0.6 is 0 Å². The Morgan fingerprint density at radius 1 is 1.09 bits per heavy atom. The Labute approximate surface area is 204 Å². The maximum Gasteiger partial charge on any atom is 0.160 e. The van der Waals surface area contributed by atoms with Gasteiger partial charge in [-0.15, -0.1) is 0 Å². The zero-order valence-electron chi connectivity index (χ0n) is 21.5. The van der Waals surface area contributed by atoms with E-state index in [1.54, 1.807) is 11.1 Å². The first-order valence-electron chi connectivity index (χ1n) is 13.7. The van der Waals surface area contributed by atoms with Gasteiger partial charge in [0.25, 0.3) is 0 Å². The summed E-state index contributed by atoms with van der Waals surface area (Å²) < 4.78 is 12.5. The predicted octanol–water partition coefficient (Wildman–Crippen LogP) is 4.71. The van der Waals surface area contributed by atoms with Gasteiger partial charge in [0.2, 0.25) is 0 Å². The number of aliphatic hydroxyl groups is 2. The van der Waals surface area contributed by atoms with Crippen LogP contribution in [-0.2, 0) is 14.3 Å². The number of hydrogen-bond acceptors (Lipinski definition) is 5. The van der Waals surface area contributed by atoms with Crippen LogP contribution in [0.3, 0.4) is 0 Å². The number of ketones is 1. The minimum atomic E-state index is -1.08. The van der Waals surface area contributed by atoms with Crippen LogP contribution in [-0.4, -0.2) is 46.2 Å². The molecule has 34 heavy (non-hydrogen) atoms. The Morgan fingerprint density at radius 2 is 1.82 bits per heavy atom. The van der Waals surface area contributed by atoms with Gasteiger partial charge in [0.15, 0.2) is 6.29 Å². The van der Waals surface area contributed by atoms with Crippen molar-refractivity contribution in [2.45, 2.75) is 116 Å². The van der Waals surface area contributed by atoms with E-state index in [1.165, 1.54) is 5.57 Å². The molecule has 2 aliphatic heterocycles. The Morgan fingerprint density at radius 3 is 2.56 bits per heavy atom. The molecule has 2 N–H and O–H groups in total. The van der Waals surface area contributed by atoms with Gasteiger partial charge in [-0.3, -0.25) is 4.79 Å². The van der Waals surface area contributed by atoms with Crippen molar-refractivity contribution in [2.75, 3.05) is 0 Å². The third kappa shape index (κ3) is 2.84. The van der Waals surface area contributed by atoms with Crippen molar-refractivity contribution in [1.82, 2.24) is 0 Å². The molecule has 4 aliphatic carbocycles. The maximum absolute atomic E-state index is 12.2. The molecular weight excluding hydrogens is 428 g/mol.